The number of hydrogen-bond donors (Lipinski definition) is 3. The molecule has 0 aliphatic carbocycles. The first-order chi connectivity index (χ1) is 20.6. The van der Waals surface area contributed by atoms with Gasteiger partial charge in [-0.3, -0.25) is 15.4 Å². The molecule has 2 heterocycles. The van der Waals surface area contributed by atoms with E-state index in [9.17, 15) is 9.59 Å². The van der Waals surface area contributed by atoms with E-state index in [-0.39, 0.29) is 29.8 Å². The molecular weight excluding hydrogens is 546 g/mol. The fraction of sp³-hybridized carbons (Fsp3) is 0.219. The van der Waals surface area contributed by atoms with E-state index in [0.717, 1.165) is 27.7 Å². The van der Waals surface area contributed by atoms with Crippen LogP contribution >= 0.6 is 0 Å². The summed E-state index contributed by atoms with van der Waals surface area (Å²) >= 11 is 0. The van der Waals surface area contributed by atoms with E-state index in [1.54, 1.807) is 22.9 Å². The van der Waals surface area contributed by atoms with Gasteiger partial charge in [0.05, 0.1) is 17.1 Å². The number of urea groups is 1. The lowest BCUT2D eigenvalue weighted by atomic mass is 9.92. The second-order valence-corrected chi connectivity index (χ2v) is 10.9. The molecule has 3 amide bonds. The smallest absolute Gasteiger partial charge is 0.324 e. The van der Waals surface area contributed by atoms with Crippen molar-refractivity contribution in [1.82, 2.24) is 19.7 Å². The number of aryl methyl sites for hydroxylation is 1. The summed E-state index contributed by atoms with van der Waals surface area (Å²) in [7, 11) is 1.43. The number of anilines is 3. The minimum atomic E-state index is -0.417. The van der Waals surface area contributed by atoms with Crippen LogP contribution in [0.25, 0.3) is 16.5 Å². The molecule has 0 unspecified atom stereocenters. The summed E-state index contributed by atoms with van der Waals surface area (Å²) in [6.07, 6.45) is 1.49. The summed E-state index contributed by atoms with van der Waals surface area (Å²) in [5.74, 6) is 1.02. The van der Waals surface area contributed by atoms with Gasteiger partial charge in [0.25, 0.3) is 5.91 Å². The highest BCUT2D eigenvalue weighted by Gasteiger charge is 2.22. The van der Waals surface area contributed by atoms with Gasteiger partial charge in [-0.2, -0.15) is 10.1 Å². The lowest BCUT2D eigenvalue weighted by Crippen LogP contribution is -2.21. The first kappa shape index (κ1) is 29.2. The van der Waals surface area contributed by atoms with Gasteiger partial charge in [-0.05, 0) is 31.2 Å². The Morgan fingerprint density at radius 2 is 1.65 bits per heavy atom. The molecule has 43 heavy (non-hydrogen) atoms. The number of rotatable bonds is 8. The second-order valence-electron chi connectivity index (χ2n) is 10.9. The Balaban J connectivity index is 1.38. The number of fused-ring (bicyclic) bond motifs is 1. The van der Waals surface area contributed by atoms with Crippen molar-refractivity contribution in [3.05, 3.63) is 90.3 Å². The van der Waals surface area contributed by atoms with Crippen LogP contribution in [0.15, 0.2) is 79.0 Å². The molecule has 5 rings (SSSR count). The molecule has 2 aromatic heterocycles. The molecule has 0 aliphatic rings. The van der Waals surface area contributed by atoms with E-state index in [4.69, 9.17) is 14.6 Å². The number of methoxy groups -OCH3 is 1. The molecule has 11 nitrogen and oxygen atoms in total. The summed E-state index contributed by atoms with van der Waals surface area (Å²) in [4.78, 5) is 33.5. The molecule has 3 aromatic carbocycles. The maximum Gasteiger partial charge on any atom is 0.324 e. The van der Waals surface area contributed by atoms with Crippen LogP contribution < -0.4 is 20.7 Å². The van der Waals surface area contributed by atoms with Crippen molar-refractivity contribution < 1.29 is 19.1 Å². The maximum absolute atomic E-state index is 13.3. The summed E-state index contributed by atoms with van der Waals surface area (Å²) < 4.78 is 12.6. The molecule has 0 aliphatic heterocycles. The van der Waals surface area contributed by atoms with E-state index in [1.165, 1.54) is 13.3 Å². The van der Waals surface area contributed by atoms with Crippen LogP contribution in [0.2, 0.25) is 0 Å². The molecule has 0 atom stereocenters. The Bertz CT molecular complexity index is 1780. The fourth-order valence-corrected chi connectivity index (χ4v) is 4.32. The Morgan fingerprint density at radius 3 is 2.37 bits per heavy atom. The van der Waals surface area contributed by atoms with Crippen LogP contribution in [-0.2, 0) is 14.9 Å². The normalized spacial score (nSPS) is 11.3. The highest BCUT2D eigenvalue weighted by Crippen LogP contribution is 2.34. The SMILES string of the molecule is COCC(=O)Nc1nccc(Oc2ccc(NC(=O)Nc3cc(C(C)(C)C)nn3-c3ccc(C)cc3)c3ccccc23)n1. The number of carbonyl (C=O) groups excluding carboxylic acids is 2. The summed E-state index contributed by atoms with van der Waals surface area (Å²) in [6, 6.07) is 22.1. The number of nitrogens with one attached hydrogen (secondary N) is 3. The van der Waals surface area contributed by atoms with Gasteiger partial charge < -0.3 is 14.8 Å². The van der Waals surface area contributed by atoms with E-state index < -0.39 is 6.03 Å². The molecule has 0 fully saturated rings. The minimum Gasteiger partial charge on any atom is -0.438 e. The molecule has 0 saturated carbocycles. The number of benzene rings is 3. The molecule has 5 aromatic rings. The van der Waals surface area contributed by atoms with Crippen molar-refractivity contribution in [3.63, 3.8) is 0 Å². The van der Waals surface area contributed by atoms with Crippen LogP contribution in [0.4, 0.5) is 22.2 Å². The second kappa shape index (κ2) is 12.3. The minimum absolute atomic E-state index is 0.0957. The van der Waals surface area contributed by atoms with Crippen LogP contribution in [0, 0.1) is 6.92 Å². The van der Waals surface area contributed by atoms with Crippen molar-refractivity contribution in [3.8, 4) is 17.3 Å². The van der Waals surface area contributed by atoms with E-state index in [0.29, 0.717) is 17.3 Å². The predicted molar refractivity (Wildman–Crippen MR) is 166 cm³/mol. The van der Waals surface area contributed by atoms with Crippen molar-refractivity contribution in [2.75, 3.05) is 29.7 Å². The van der Waals surface area contributed by atoms with Crippen molar-refractivity contribution in [2.45, 2.75) is 33.1 Å². The van der Waals surface area contributed by atoms with Crippen LogP contribution in [0.1, 0.15) is 32.0 Å². The van der Waals surface area contributed by atoms with Crippen molar-refractivity contribution in [1.29, 1.82) is 0 Å². The number of nitrogens with zero attached hydrogens (tertiary/aromatic N) is 4. The quantitative estimate of drug-likeness (QED) is 0.193. The average molecular weight is 580 g/mol. The third-order valence-electron chi connectivity index (χ3n) is 6.50. The first-order valence-electron chi connectivity index (χ1n) is 13.7. The Kier molecular flexibility index (Phi) is 8.35. The van der Waals surface area contributed by atoms with Gasteiger partial charge in [-0.15, -0.1) is 0 Å². The highest BCUT2D eigenvalue weighted by molar-refractivity contribution is 6.07. The molecule has 11 heteroatoms. The molecule has 3 N–H and O–H groups in total. The number of amides is 3. The van der Waals surface area contributed by atoms with Crippen LogP contribution in [0.5, 0.6) is 11.6 Å². The Hall–Kier alpha value is -5.29. The molecule has 0 saturated heterocycles. The zero-order valence-corrected chi connectivity index (χ0v) is 24.6. The van der Waals surface area contributed by atoms with Gasteiger partial charge >= 0.3 is 6.03 Å². The third-order valence-corrected chi connectivity index (χ3v) is 6.50. The fourth-order valence-electron chi connectivity index (χ4n) is 4.32. The number of hydrogen-bond acceptors (Lipinski definition) is 7. The number of ether oxygens (including phenoxy) is 2. The van der Waals surface area contributed by atoms with E-state index in [1.807, 2.05) is 61.5 Å². The highest BCUT2D eigenvalue weighted by atomic mass is 16.5. The summed E-state index contributed by atoms with van der Waals surface area (Å²) in [5.41, 5.74) is 3.20. The van der Waals surface area contributed by atoms with Crippen molar-refractivity contribution >= 4 is 40.2 Å². The summed E-state index contributed by atoms with van der Waals surface area (Å²) in [5, 5.41) is 14.8. The lowest BCUT2D eigenvalue weighted by Gasteiger charge is -2.14. The zero-order valence-electron chi connectivity index (χ0n) is 24.6. The molecule has 220 valence electrons. The number of carbonyl (C=O) groups is 2. The zero-order chi connectivity index (χ0) is 30.6. The monoisotopic (exact) mass is 579 g/mol. The van der Waals surface area contributed by atoms with Gasteiger partial charge in [-0.1, -0.05) is 62.7 Å². The molecular formula is C32H33N7O4. The third kappa shape index (κ3) is 6.96. The van der Waals surface area contributed by atoms with Gasteiger partial charge in [0.15, 0.2) is 0 Å². The lowest BCUT2D eigenvalue weighted by molar-refractivity contribution is -0.119. The topological polar surface area (TPSA) is 132 Å². The van der Waals surface area contributed by atoms with Gasteiger partial charge in [0, 0.05) is 41.6 Å². The van der Waals surface area contributed by atoms with E-state index >= 15 is 0 Å². The molecule has 0 spiro atoms. The standard InChI is InChI=1S/C32H33N7O4/c1-20-10-12-21(13-11-20)39-27(18-26(38-39)32(2,3)4)35-31(41)34-24-14-15-25(23-9-7-6-8-22(23)24)43-29-16-17-33-30(37-29)36-28(40)19-42-5/h6-18H,19H2,1-5H3,(H2,34,35,41)(H,33,36,37,40). The first-order valence-corrected chi connectivity index (χ1v) is 13.7. The van der Waals surface area contributed by atoms with Crippen LogP contribution in [0.3, 0.4) is 0 Å². The Labute approximate surface area is 249 Å². The molecule has 0 bridgehead atoms. The van der Waals surface area contributed by atoms with Gasteiger partial charge in [-0.25, -0.2) is 14.5 Å². The average Bonchev–Trinajstić information content (AvgIpc) is 3.39. The Morgan fingerprint density at radius 1 is 0.907 bits per heavy atom. The maximum atomic E-state index is 13.3. The van der Waals surface area contributed by atoms with E-state index in [2.05, 4.69) is 46.7 Å². The molecule has 0 radical (unpaired) electrons. The summed E-state index contributed by atoms with van der Waals surface area (Å²) in [6.45, 7) is 8.14. The van der Waals surface area contributed by atoms with Crippen molar-refractivity contribution in [2.24, 2.45) is 0 Å². The number of aromatic nitrogens is 4. The van der Waals surface area contributed by atoms with Gasteiger partial charge in [0.2, 0.25) is 11.8 Å². The largest absolute Gasteiger partial charge is 0.438 e. The predicted octanol–water partition coefficient (Wildman–Crippen LogP) is 6.44. The van der Waals surface area contributed by atoms with Gasteiger partial charge in [0.1, 0.15) is 18.2 Å². The van der Waals surface area contributed by atoms with Crippen LogP contribution in [-0.4, -0.2) is 45.4 Å².